The average molecular weight is 396 g/mol. The Labute approximate surface area is 175 Å². The molecule has 0 spiro atoms. The lowest BCUT2D eigenvalue weighted by atomic mass is 9.81. The van der Waals surface area contributed by atoms with Crippen molar-refractivity contribution in [2.24, 2.45) is 0 Å². The zero-order valence-electron chi connectivity index (χ0n) is 17.2. The highest BCUT2D eigenvalue weighted by atomic mass is 16.1. The highest BCUT2D eigenvalue weighted by molar-refractivity contribution is 6.00. The second kappa shape index (κ2) is 7.10. The summed E-state index contributed by atoms with van der Waals surface area (Å²) in [6.07, 6.45) is 1.21. The van der Waals surface area contributed by atoms with Gasteiger partial charge in [-0.2, -0.15) is 9.61 Å². The standard InChI is InChI=1S/C25H24N4O/c1-15(2)16-8-10-17(11-9-16)19-12-21-20(23(30)13-19)14-22-24(18-6-4-3-5-7-18)27-25(26)29(22)28-21/h3-11,14-15,19H,12-13H2,1-2H3,(H2,26,27)/t19-/m0/s1. The van der Waals surface area contributed by atoms with Crippen molar-refractivity contribution < 1.29 is 4.79 Å². The summed E-state index contributed by atoms with van der Waals surface area (Å²) in [5.74, 6) is 1.09. The zero-order valence-corrected chi connectivity index (χ0v) is 17.2. The summed E-state index contributed by atoms with van der Waals surface area (Å²) in [5, 5.41) is 4.74. The van der Waals surface area contributed by atoms with Crippen LogP contribution in [0.3, 0.4) is 0 Å². The van der Waals surface area contributed by atoms with Crippen LogP contribution in [0.15, 0.2) is 60.7 Å². The molecule has 2 heterocycles. The number of Topliss-reactive ketones (excluding diaryl/α,β-unsaturated/α-hetero) is 1. The quantitative estimate of drug-likeness (QED) is 0.528. The van der Waals surface area contributed by atoms with Gasteiger partial charge in [-0.25, -0.2) is 4.98 Å². The second-order valence-corrected chi connectivity index (χ2v) is 8.34. The molecule has 2 N–H and O–H groups in total. The normalized spacial score (nSPS) is 16.2. The van der Waals surface area contributed by atoms with Crippen LogP contribution in [0, 0.1) is 0 Å². The SMILES string of the molecule is CC(C)c1ccc([C@@H]2CC(=O)c3cc4c(-c5ccccc5)nc(N)n4nc3C2)cc1. The molecule has 0 unspecified atom stereocenters. The third kappa shape index (κ3) is 3.07. The minimum absolute atomic E-state index is 0.128. The molecule has 0 saturated carbocycles. The van der Waals surface area contributed by atoms with Gasteiger partial charge in [0.1, 0.15) is 5.69 Å². The van der Waals surface area contributed by atoms with Gasteiger partial charge in [0, 0.05) is 17.5 Å². The van der Waals surface area contributed by atoms with Gasteiger partial charge in [-0.1, -0.05) is 68.4 Å². The van der Waals surface area contributed by atoms with E-state index in [1.807, 2.05) is 36.4 Å². The monoisotopic (exact) mass is 396 g/mol. The minimum atomic E-state index is 0.128. The van der Waals surface area contributed by atoms with Crippen LogP contribution in [0.5, 0.6) is 0 Å². The fourth-order valence-electron chi connectivity index (χ4n) is 4.30. The maximum absolute atomic E-state index is 13.0. The molecule has 4 aromatic rings. The fourth-order valence-corrected chi connectivity index (χ4v) is 4.30. The highest BCUT2D eigenvalue weighted by Crippen LogP contribution is 2.35. The molecule has 2 aromatic carbocycles. The van der Waals surface area contributed by atoms with E-state index in [1.54, 1.807) is 4.52 Å². The Hall–Kier alpha value is -3.47. The number of nitrogens with two attached hydrogens (primary N) is 1. The second-order valence-electron chi connectivity index (χ2n) is 8.34. The number of nitrogen functional groups attached to an aromatic ring is 1. The van der Waals surface area contributed by atoms with Gasteiger partial charge in [0.25, 0.3) is 0 Å². The van der Waals surface area contributed by atoms with Crippen molar-refractivity contribution in [3.63, 3.8) is 0 Å². The molecule has 0 amide bonds. The molecule has 5 rings (SSSR count). The summed E-state index contributed by atoms with van der Waals surface area (Å²) in [4.78, 5) is 17.6. The molecular weight excluding hydrogens is 372 g/mol. The molecule has 1 aliphatic rings. The predicted octanol–water partition coefficient (Wildman–Crippen LogP) is 5.01. The number of ketones is 1. The number of carbonyl (C=O) groups excluding carboxylic acids is 1. The summed E-state index contributed by atoms with van der Waals surface area (Å²) in [6.45, 7) is 4.37. The van der Waals surface area contributed by atoms with Crippen LogP contribution in [0.4, 0.5) is 5.95 Å². The Morgan fingerprint density at radius 2 is 1.77 bits per heavy atom. The summed E-state index contributed by atoms with van der Waals surface area (Å²) in [7, 11) is 0. The number of imidazole rings is 1. The van der Waals surface area contributed by atoms with Crippen molar-refractivity contribution >= 4 is 17.2 Å². The van der Waals surface area contributed by atoms with Crippen LogP contribution in [-0.2, 0) is 6.42 Å². The van der Waals surface area contributed by atoms with Gasteiger partial charge in [-0.3, -0.25) is 4.79 Å². The van der Waals surface area contributed by atoms with Gasteiger partial charge >= 0.3 is 0 Å². The third-order valence-corrected chi connectivity index (χ3v) is 6.02. The van der Waals surface area contributed by atoms with E-state index < -0.39 is 0 Å². The van der Waals surface area contributed by atoms with E-state index in [-0.39, 0.29) is 11.7 Å². The molecule has 0 saturated heterocycles. The largest absolute Gasteiger partial charge is 0.368 e. The van der Waals surface area contributed by atoms with Crippen LogP contribution in [0.2, 0.25) is 0 Å². The first-order valence-corrected chi connectivity index (χ1v) is 10.4. The molecule has 0 fully saturated rings. The molecule has 30 heavy (non-hydrogen) atoms. The molecule has 5 heteroatoms. The van der Waals surface area contributed by atoms with E-state index in [2.05, 4.69) is 43.1 Å². The highest BCUT2D eigenvalue weighted by Gasteiger charge is 2.29. The molecule has 0 aliphatic heterocycles. The lowest BCUT2D eigenvalue weighted by molar-refractivity contribution is 0.0963. The smallest absolute Gasteiger partial charge is 0.222 e. The molecule has 0 radical (unpaired) electrons. The van der Waals surface area contributed by atoms with Crippen LogP contribution in [0.1, 0.15) is 59.3 Å². The maximum atomic E-state index is 13.0. The molecule has 150 valence electrons. The van der Waals surface area contributed by atoms with Gasteiger partial charge in [-0.15, -0.1) is 0 Å². The Kier molecular flexibility index (Phi) is 4.39. The number of hydrogen-bond donors (Lipinski definition) is 1. The van der Waals surface area contributed by atoms with E-state index in [9.17, 15) is 4.79 Å². The summed E-state index contributed by atoms with van der Waals surface area (Å²) in [6, 6.07) is 20.4. The van der Waals surface area contributed by atoms with Crippen molar-refractivity contribution in [2.45, 2.75) is 38.5 Å². The summed E-state index contributed by atoms with van der Waals surface area (Å²) in [5.41, 5.74) is 12.6. The van der Waals surface area contributed by atoms with E-state index in [0.29, 0.717) is 23.9 Å². The first-order chi connectivity index (χ1) is 14.5. The number of fused-ring (bicyclic) bond motifs is 2. The topological polar surface area (TPSA) is 73.3 Å². The Balaban J connectivity index is 1.55. The number of nitrogens with zero attached hydrogens (tertiary/aromatic N) is 3. The van der Waals surface area contributed by atoms with Crippen molar-refractivity contribution in [3.8, 4) is 11.3 Å². The number of carbonyl (C=O) groups is 1. The van der Waals surface area contributed by atoms with Gasteiger partial charge < -0.3 is 5.73 Å². The Morgan fingerprint density at radius 3 is 2.47 bits per heavy atom. The summed E-state index contributed by atoms with van der Waals surface area (Å²) >= 11 is 0. The fraction of sp³-hybridized carbons (Fsp3) is 0.240. The molecular formula is C25H24N4O. The van der Waals surface area contributed by atoms with Crippen LogP contribution >= 0.6 is 0 Å². The van der Waals surface area contributed by atoms with Crippen molar-refractivity contribution in [3.05, 3.63) is 83.0 Å². The number of anilines is 1. The number of rotatable bonds is 3. The Bertz CT molecular complexity index is 1240. The molecule has 1 aliphatic carbocycles. The molecule has 2 aromatic heterocycles. The van der Waals surface area contributed by atoms with E-state index in [1.165, 1.54) is 11.1 Å². The predicted molar refractivity (Wildman–Crippen MR) is 119 cm³/mol. The van der Waals surface area contributed by atoms with E-state index in [4.69, 9.17) is 10.8 Å². The van der Waals surface area contributed by atoms with Crippen molar-refractivity contribution in [1.82, 2.24) is 14.6 Å². The minimum Gasteiger partial charge on any atom is -0.368 e. The summed E-state index contributed by atoms with van der Waals surface area (Å²) < 4.78 is 1.67. The zero-order chi connectivity index (χ0) is 20.8. The number of hydrogen-bond acceptors (Lipinski definition) is 4. The van der Waals surface area contributed by atoms with Crippen LogP contribution < -0.4 is 5.73 Å². The molecule has 1 atom stereocenters. The van der Waals surface area contributed by atoms with E-state index in [0.717, 1.165) is 28.9 Å². The van der Waals surface area contributed by atoms with E-state index >= 15 is 0 Å². The van der Waals surface area contributed by atoms with Gasteiger partial charge in [0.15, 0.2) is 5.78 Å². The van der Waals surface area contributed by atoms with Gasteiger partial charge in [0.2, 0.25) is 5.95 Å². The van der Waals surface area contributed by atoms with Gasteiger partial charge in [-0.05, 0) is 35.4 Å². The molecule has 5 nitrogen and oxygen atoms in total. The van der Waals surface area contributed by atoms with Gasteiger partial charge in [0.05, 0.1) is 11.2 Å². The first-order valence-electron chi connectivity index (χ1n) is 10.4. The van der Waals surface area contributed by atoms with Crippen LogP contribution in [-0.4, -0.2) is 20.4 Å². The Morgan fingerprint density at radius 1 is 1.03 bits per heavy atom. The van der Waals surface area contributed by atoms with Crippen molar-refractivity contribution in [2.75, 3.05) is 5.73 Å². The lowest BCUT2D eigenvalue weighted by Gasteiger charge is -2.23. The van der Waals surface area contributed by atoms with Crippen LogP contribution in [0.25, 0.3) is 16.8 Å². The average Bonchev–Trinajstić information content (AvgIpc) is 3.09. The first kappa shape index (κ1) is 18.6. The lowest BCUT2D eigenvalue weighted by Crippen LogP contribution is -2.21. The van der Waals surface area contributed by atoms with Crippen molar-refractivity contribution in [1.29, 1.82) is 0 Å². The molecule has 0 bridgehead atoms. The third-order valence-electron chi connectivity index (χ3n) is 6.02. The number of benzene rings is 2. The maximum Gasteiger partial charge on any atom is 0.222 e. The number of aromatic nitrogens is 3.